The minimum absolute atomic E-state index is 0.0156. The summed E-state index contributed by atoms with van der Waals surface area (Å²) < 4.78 is 4.00. The molecule has 2 aromatic rings. The molecule has 1 atom stereocenters. The third-order valence-corrected chi connectivity index (χ3v) is 2.54. The molecule has 0 fully saturated rings. The standard InChI is InChI=1S/C11H17N5/c1-9-5-14-16(7-9)4-3-15-8-13-6-11(15)10(2)12/h5-8,10H,3-4,12H2,1-2H3/t10-/m0/s1. The van der Waals surface area contributed by atoms with Gasteiger partial charge in [-0.25, -0.2) is 4.98 Å². The van der Waals surface area contributed by atoms with Crippen LogP contribution in [0.5, 0.6) is 0 Å². The molecule has 2 N–H and O–H groups in total. The third kappa shape index (κ3) is 2.30. The highest BCUT2D eigenvalue weighted by Gasteiger charge is 2.06. The van der Waals surface area contributed by atoms with Gasteiger partial charge in [0, 0.05) is 25.0 Å². The van der Waals surface area contributed by atoms with E-state index >= 15 is 0 Å². The minimum Gasteiger partial charge on any atom is -0.331 e. The molecule has 86 valence electrons. The van der Waals surface area contributed by atoms with Crippen LogP contribution in [0.15, 0.2) is 24.9 Å². The van der Waals surface area contributed by atoms with Crippen molar-refractivity contribution in [3.8, 4) is 0 Å². The van der Waals surface area contributed by atoms with Gasteiger partial charge in [0.25, 0.3) is 0 Å². The molecule has 0 spiro atoms. The largest absolute Gasteiger partial charge is 0.331 e. The fraction of sp³-hybridized carbons (Fsp3) is 0.455. The molecule has 2 rings (SSSR count). The molecule has 0 aliphatic carbocycles. The average Bonchev–Trinajstić information content (AvgIpc) is 2.83. The van der Waals surface area contributed by atoms with Crippen molar-refractivity contribution >= 4 is 0 Å². The Bertz CT molecular complexity index is 454. The fourth-order valence-corrected chi connectivity index (χ4v) is 1.70. The van der Waals surface area contributed by atoms with Crippen LogP contribution in [0, 0.1) is 6.92 Å². The lowest BCUT2D eigenvalue weighted by Gasteiger charge is -2.10. The highest BCUT2D eigenvalue weighted by atomic mass is 15.3. The Balaban J connectivity index is 2.02. The summed E-state index contributed by atoms with van der Waals surface area (Å²) in [4.78, 5) is 4.11. The van der Waals surface area contributed by atoms with Crippen molar-refractivity contribution in [1.82, 2.24) is 19.3 Å². The van der Waals surface area contributed by atoms with E-state index in [9.17, 15) is 0 Å². The van der Waals surface area contributed by atoms with Gasteiger partial charge in [0.1, 0.15) is 0 Å². The van der Waals surface area contributed by atoms with Crippen LogP contribution < -0.4 is 5.73 Å². The van der Waals surface area contributed by atoms with Crippen LogP contribution >= 0.6 is 0 Å². The Hall–Kier alpha value is -1.62. The normalized spacial score (nSPS) is 12.9. The second kappa shape index (κ2) is 4.49. The first-order chi connectivity index (χ1) is 7.66. The topological polar surface area (TPSA) is 61.7 Å². The van der Waals surface area contributed by atoms with Crippen LogP contribution in [0.2, 0.25) is 0 Å². The molecule has 0 saturated heterocycles. The molecule has 2 aromatic heterocycles. The number of aryl methyl sites for hydroxylation is 3. The molecule has 0 aliphatic heterocycles. The Kier molecular flexibility index (Phi) is 3.05. The summed E-state index contributed by atoms with van der Waals surface area (Å²) in [5, 5.41) is 4.24. The number of hydrogen-bond donors (Lipinski definition) is 1. The Morgan fingerprint density at radius 2 is 2.19 bits per heavy atom. The first-order valence-corrected chi connectivity index (χ1v) is 5.41. The van der Waals surface area contributed by atoms with Crippen molar-refractivity contribution < 1.29 is 0 Å². The van der Waals surface area contributed by atoms with E-state index in [0.717, 1.165) is 18.8 Å². The lowest BCUT2D eigenvalue weighted by molar-refractivity contribution is 0.513. The van der Waals surface area contributed by atoms with Crippen LogP contribution in [-0.2, 0) is 13.1 Å². The van der Waals surface area contributed by atoms with E-state index in [-0.39, 0.29) is 6.04 Å². The van der Waals surface area contributed by atoms with E-state index in [1.807, 2.05) is 43.4 Å². The van der Waals surface area contributed by atoms with Crippen molar-refractivity contribution in [2.45, 2.75) is 33.0 Å². The third-order valence-electron chi connectivity index (χ3n) is 2.54. The molecular weight excluding hydrogens is 202 g/mol. The van der Waals surface area contributed by atoms with Crippen LogP contribution in [0.25, 0.3) is 0 Å². The summed E-state index contributed by atoms with van der Waals surface area (Å²) in [6.45, 7) is 5.68. The summed E-state index contributed by atoms with van der Waals surface area (Å²) in [6, 6.07) is 0.0156. The second-order valence-electron chi connectivity index (χ2n) is 4.08. The van der Waals surface area contributed by atoms with Gasteiger partial charge in [0.15, 0.2) is 0 Å². The maximum Gasteiger partial charge on any atom is 0.0949 e. The summed E-state index contributed by atoms with van der Waals surface area (Å²) >= 11 is 0. The number of hydrogen-bond acceptors (Lipinski definition) is 3. The van der Waals surface area contributed by atoms with Gasteiger partial charge in [-0.1, -0.05) is 0 Å². The summed E-state index contributed by atoms with van der Waals surface area (Å²) in [5.41, 5.74) is 8.09. The number of nitrogens with two attached hydrogens (primary N) is 1. The Labute approximate surface area is 94.9 Å². The Morgan fingerprint density at radius 3 is 2.81 bits per heavy atom. The van der Waals surface area contributed by atoms with Crippen LogP contribution in [0.4, 0.5) is 0 Å². The quantitative estimate of drug-likeness (QED) is 0.837. The van der Waals surface area contributed by atoms with Crippen molar-refractivity contribution in [3.63, 3.8) is 0 Å². The molecule has 5 heteroatoms. The van der Waals surface area contributed by atoms with Crippen molar-refractivity contribution in [2.24, 2.45) is 5.73 Å². The van der Waals surface area contributed by atoms with Crippen LogP contribution in [0.3, 0.4) is 0 Å². The van der Waals surface area contributed by atoms with Gasteiger partial charge in [-0.3, -0.25) is 4.68 Å². The SMILES string of the molecule is Cc1cnn(CCn2cncc2[C@H](C)N)c1. The van der Waals surface area contributed by atoms with Crippen LogP contribution in [-0.4, -0.2) is 19.3 Å². The molecular formula is C11H17N5. The van der Waals surface area contributed by atoms with E-state index < -0.39 is 0 Å². The van der Waals surface area contributed by atoms with E-state index in [1.165, 1.54) is 5.56 Å². The van der Waals surface area contributed by atoms with E-state index in [1.54, 1.807) is 0 Å². The summed E-state index contributed by atoms with van der Waals surface area (Å²) in [6.07, 6.45) is 7.52. The number of aromatic nitrogens is 4. The van der Waals surface area contributed by atoms with Gasteiger partial charge in [-0.05, 0) is 19.4 Å². The highest BCUT2D eigenvalue weighted by molar-refractivity contribution is 5.03. The van der Waals surface area contributed by atoms with Gasteiger partial charge >= 0.3 is 0 Å². The Morgan fingerprint density at radius 1 is 1.38 bits per heavy atom. The number of imidazole rings is 1. The molecule has 0 saturated carbocycles. The van der Waals surface area contributed by atoms with E-state index in [2.05, 4.69) is 14.6 Å². The lowest BCUT2D eigenvalue weighted by atomic mass is 10.3. The molecule has 0 bridgehead atoms. The minimum atomic E-state index is 0.0156. The number of rotatable bonds is 4. The first kappa shape index (κ1) is 10.9. The van der Waals surface area contributed by atoms with Crippen molar-refractivity contribution in [2.75, 3.05) is 0 Å². The van der Waals surface area contributed by atoms with Gasteiger partial charge in [-0.15, -0.1) is 0 Å². The zero-order chi connectivity index (χ0) is 11.5. The molecule has 0 radical (unpaired) electrons. The average molecular weight is 219 g/mol. The predicted octanol–water partition coefficient (Wildman–Crippen LogP) is 1.11. The molecule has 5 nitrogen and oxygen atoms in total. The predicted molar refractivity (Wildman–Crippen MR) is 61.8 cm³/mol. The zero-order valence-corrected chi connectivity index (χ0v) is 9.67. The van der Waals surface area contributed by atoms with Gasteiger partial charge in [-0.2, -0.15) is 5.10 Å². The summed E-state index contributed by atoms with van der Waals surface area (Å²) in [7, 11) is 0. The molecule has 0 aromatic carbocycles. The van der Waals surface area contributed by atoms with Crippen LogP contribution in [0.1, 0.15) is 24.2 Å². The van der Waals surface area contributed by atoms with Gasteiger partial charge in [0.05, 0.1) is 24.8 Å². The van der Waals surface area contributed by atoms with Crippen molar-refractivity contribution in [3.05, 3.63) is 36.2 Å². The fourth-order valence-electron chi connectivity index (χ4n) is 1.70. The van der Waals surface area contributed by atoms with Crippen molar-refractivity contribution in [1.29, 1.82) is 0 Å². The molecule has 0 unspecified atom stereocenters. The molecule has 0 amide bonds. The molecule has 2 heterocycles. The second-order valence-corrected chi connectivity index (χ2v) is 4.08. The maximum atomic E-state index is 5.85. The maximum absolute atomic E-state index is 5.85. The van der Waals surface area contributed by atoms with E-state index in [0.29, 0.717) is 0 Å². The van der Waals surface area contributed by atoms with Gasteiger partial charge in [0.2, 0.25) is 0 Å². The highest BCUT2D eigenvalue weighted by Crippen LogP contribution is 2.08. The first-order valence-electron chi connectivity index (χ1n) is 5.41. The zero-order valence-electron chi connectivity index (χ0n) is 9.67. The number of nitrogens with zero attached hydrogens (tertiary/aromatic N) is 4. The van der Waals surface area contributed by atoms with E-state index in [4.69, 9.17) is 5.73 Å². The van der Waals surface area contributed by atoms with Gasteiger partial charge < -0.3 is 10.3 Å². The smallest absolute Gasteiger partial charge is 0.0949 e. The summed E-state index contributed by atoms with van der Waals surface area (Å²) in [5.74, 6) is 0. The molecule has 0 aliphatic rings. The lowest BCUT2D eigenvalue weighted by Crippen LogP contribution is -2.14. The molecule has 16 heavy (non-hydrogen) atoms. The monoisotopic (exact) mass is 219 g/mol.